The van der Waals surface area contributed by atoms with Gasteiger partial charge in [-0.15, -0.1) is 0 Å². The molecule has 0 aromatic heterocycles. The number of sulfone groups is 1. The molecule has 110 valence electrons. The molecule has 5 unspecified atom stereocenters. The van der Waals surface area contributed by atoms with Crippen LogP contribution in [0.2, 0.25) is 0 Å². The van der Waals surface area contributed by atoms with E-state index in [1.54, 1.807) is 0 Å². The number of rotatable bonds is 4. The van der Waals surface area contributed by atoms with Crippen molar-refractivity contribution in [1.82, 2.24) is 5.43 Å². The van der Waals surface area contributed by atoms with Crippen molar-refractivity contribution in [2.75, 3.05) is 5.75 Å². The third kappa shape index (κ3) is 2.69. The Labute approximate surface area is 116 Å². The maximum atomic E-state index is 12.2. The summed E-state index contributed by atoms with van der Waals surface area (Å²) < 4.78 is 24.4. The van der Waals surface area contributed by atoms with Gasteiger partial charge in [0, 0.05) is 6.04 Å². The molecule has 2 saturated carbocycles. The molecular formula is C14H26N2O2S. The van der Waals surface area contributed by atoms with E-state index in [1.807, 2.05) is 0 Å². The number of hydrogen-bond acceptors (Lipinski definition) is 4. The van der Waals surface area contributed by atoms with E-state index >= 15 is 0 Å². The lowest BCUT2D eigenvalue weighted by Crippen LogP contribution is -2.50. The normalized spacial score (nSPS) is 42.4. The van der Waals surface area contributed by atoms with Gasteiger partial charge in [-0.1, -0.05) is 12.8 Å². The Hall–Kier alpha value is -0.130. The lowest BCUT2D eigenvalue weighted by atomic mass is 9.83. The van der Waals surface area contributed by atoms with Crippen LogP contribution in [0.25, 0.3) is 0 Å². The van der Waals surface area contributed by atoms with Crippen molar-refractivity contribution in [2.45, 2.75) is 62.7 Å². The molecule has 3 aliphatic rings. The third-order valence-corrected chi connectivity index (χ3v) is 8.08. The summed E-state index contributed by atoms with van der Waals surface area (Å²) in [6.07, 6.45) is 9.02. The maximum absolute atomic E-state index is 12.2. The van der Waals surface area contributed by atoms with E-state index in [1.165, 1.54) is 25.7 Å². The number of hydrogen-bond donors (Lipinski definition) is 2. The first kappa shape index (κ1) is 13.8. The second-order valence-electron chi connectivity index (χ2n) is 6.85. The summed E-state index contributed by atoms with van der Waals surface area (Å²) in [5, 5.41) is -0.245. The van der Waals surface area contributed by atoms with Crippen LogP contribution in [0.4, 0.5) is 0 Å². The van der Waals surface area contributed by atoms with Gasteiger partial charge in [-0.05, 0) is 56.3 Å². The van der Waals surface area contributed by atoms with Gasteiger partial charge in [0.2, 0.25) is 0 Å². The van der Waals surface area contributed by atoms with E-state index < -0.39 is 9.84 Å². The molecule has 2 bridgehead atoms. The smallest absolute Gasteiger partial charge is 0.154 e. The molecule has 1 heterocycles. The molecule has 5 heteroatoms. The highest BCUT2D eigenvalue weighted by Crippen LogP contribution is 2.50. The molecule has 1 aliphatic heterocycles. The van der Waals surface area contributed by atoms with Crippen molar-refractivity contribution < 1.29 is 8.42 Å². The molecule has 19 heavy (non-hydrogen) atoms. The van der Waals surface area contributed by atoms with Gasteiger partial charge in [-0.25, -0.2) is 8.42 Å². The molecule has 0 spiro atoms. The highest BCUT2D eigenvalue weighted by Gasteiger charge is 2.43. The van der Waals surface area contributed by atoms with Gasteiger partial charge in [-0.2, -0.15) is 0 Å². The van der Waals surface area contributed by atoms with Crippen molar-refractivity contribution in [2.24, 2.45) is 23.6 Å². The Morgan fingerprint density at radius 2 is 2.00 bits per heavy atom. The summed E-state index contributed by atoms with van der Waals surface area (Å²) in [4.78, 5) is 0. The third-order valence-electron chi connectivity index (χ3n) is 5.73. The first-order chi connectivity index (χ1) is 9.10. The van der Waals surface area contributed by atoms with E-state index in [4.69, 9.17) is 5.84 Å². The molecule has 3 fully saturated rings. The van der Waals surface area contributed by atoms with Crippen molar-refractivity contribution >= 4 is 9.84 Å². The van der Waals surface area contributed by atoms with Gasteiger partial charge in [-0.3, -0.25) is 11.3 Å². The van der Waals surface area contributed by atoms with Crippen LogP contribution in [-0.4, -0.2) is 25.5 Å². The SMILES string of the molecule is NNC(CC1CC2CCC1C2)C1CCCCS1(=O)=O. The van der Waals surface area contributed by atoms with Crippen molar-refractivity contribution in [3.8, 4) is 0 Å². The molecular weight excluding hydrogens is 260 g/mol. The fourth-order valence-corrected chi connectivity index (χ4v) is 6.87. The Morgan fingerprint density at radius 1 is 1.16 bits per heavy atom. The van der Waals surface area contributed by atoms with Crippen LogP contribution in [0.3, 0.4) is 0 Å². The first-order valence-electron chi connectivity index (χ1n) is 7.78. The fraction of sp³-hybridized carbons (Fsp3) is 1.00. The van der Waals surface area contributed by atoms with E-state index in [0.29, 0.717) is 11.7 Å². The predicted octanol–water partition coefficient (Wildman–Crippen LogP) is 1.61. The van der Waals surface area contributed by atoms with Crippen LogP contribution in [-0.2, 0) is 9.84 Å². The maximum Gasteiger partial charge on any atom is 0.154 e. The lowest BCUT2D eigenvalue weighted by Gasteiger charge is -2.33. The summed E-state index contributed by atoms with van der Waals surface area (Å²) in [5.41, 5.74) is 2.83. The van der Waals surface area contributed by atoms with Crippen molar-refractivity contribution in [1.29, 1.82) is 0 Å². The zero-order valence-electron chi connectivity index (χ0n) is 11.6. The molecule has 0 aromatic carbocycles. The van der Waals surface area contributed by atoms with Gasteiger partial charge in [0.25, 0.3) is 0 Å². The average molecular weight is 286 g/mol. The molecule has 5 atom stereocenters. The molecule has 0 radical (unpaired) electrons. The second-order valence-corrected chi connectivity index (χ2v) is 9.18. The number of hydrazine groups is 1. The second kappa shape index (κ2) is 5.34. The summed E-state index contributed by atoms with van der Waals surface area (Å²) in [5.74, 6) is 8.50. The highest BCUT2D eigenvalue weighted by atomic mass is 32.2. The van der Waals surface area contributed by atoms with Crippen LogP contribution >= 0.6 is 0 Å². The minimum atomic E-state index is -2.93. The van der Waals surface area contributed by atoms with Gasteiger partial charge >= 0.3 is 0 Å². The fourth-order valence-electron chi connectivity index (χ4n) is 4.75. The van der Waals surface area contributed by atoms with Crippen LogP contribution in [0.1, 0.15) is 51.4 Å². The molecule has 0 aromatic rings. The summed E-state index contributed by atoms with van der Waals surface area (Å²) in [7, 11) is -2.93. The molecule has 0 amide bonds. The summed E-state index contributed by atoms with van der Waals surface area (Å²) in [6.45, 7) is 0. The quantitative estimate of drug-likeness (QED) is 0.608. The van der Waals surface area contributed by atoms with E-state index in [0.717, 1.165) is 37.5 Å². The minimum absolute atomic E-state index is 0.0327. The standard InChI is InChI=1S/C14H26N2O2S/c15-16-13(14-3-1-2-6-19(14,17)18)9-12-8-10-4-5-11(12)7-10/h10-14,16H,1-9,15H2. The number of nitrogens with one attached hydrogen (secondary N) is 1. The topological polar surface area (TPSA) is 72.2 Å². The Balaban J connectivity index is 1.67. The Bertz CT molecular complexity index is 423. The van der Waals surface area contributed by atoms with Crippen LogP contribution in [0, 0.1) is 17.8 Å². The summed E-state index contributed by atoms with van der Waals surface area (Å²) in [6, 6.07) is -0.0327. The van der Waals surface area contributed by atoms with Gasteiger partial charge < -0.3 is 0 Å². The Kier molecular flexibility index (Phi) is 3.89. The van der Waals surface area contributed by atoms with E-state index in [-0.39, 0.29) is 11.3 Å². The molecule has 3 rings (SSSR count). The van der Waals surface area contributed by atoms with E-state index in [9.17, 15) is 8.42 Å². The van der Waals surface area contributed by atoms with E-state index in [2.05, 4.69) is 5.43 Å². The Morgan fingerprint density at radius 3 is 2.58 bits per heavy atom. The van der Waals surface area contributed by atoms with Gasteiger partial charge in [0.15, 0.2) is 9.84 Å². The largest absolute Gasteiger partial charge is 0.271 e. The number of fused-ring (bicyclic) bond motifs is 2. The van der Waals surface area contributed by atoms with Crippen LogP contribution in [0.5, 0.6) is 0 Å². The highest BCUT2D eigenvalue weighted by molar-refractivity contribution is 7.92. The zero-order valence-corrected chi connectivity index (χ0v) is 12.4. The molecule has 4 nitrogen and oxygen atoms in total. The van der Waals surface area contributed by atoms with Crippen molar-refractivity contribution in [3.63, 3.8) is 0 Å². The number of nitrogens with two attached hydrogens (primary N) is 1. The van der Waals surface area contributed by atoms with Crippen molar-refractivity contribution in [3.05, 3.63) is 0 Å². The predicted molar refractivity (Wildman–Crippen MR) is 76.1 cm³/mol. The summed E-state index contributed by atoms with van der Waals surface area (Å²) >= 11 is 0. The minimum Gasteiger partial charge on any atom is -0.271 e. The average Bonchev–Trinajstić information content (AvgIpc) is 2.98. The lowest BCUT2D eigenvalue weighted by molar-refractivity contribution is 0.269. The first-order valence-corrected chi connectivity index (χ1v) is 9.49. The van der Waals surface area contributed by atoms with Gasteiger partial charge in [0.1, 0.15) is 0 Å². The zero-order chi connectivity index (χ0) is 13.5. The molecule has 3 N–H and O–H groups in total. The van der Waals surface area contributed by atoms with Crippen LogP contribution in [0.15, 0.2) is 0 Å². The molecule has 1 saturated heterocycles. The van der Waals surface area contributed by atoms with Crippen LogP contribution < -0.4 is 11.3 Å². The monoisotopic (exact) mass is 286 g/mol. The van der Waals surface area contributed by atoms with Gasteiger partial charge in [0.05, 0.1) is 11.0 Å². The molecule has 2 aliphatic carbocycles.